The van der Waals surface area contributed by atoms with Gasteiger partial charge in [-0.3, -0.25) is 9.78 Å². The number of carbonyl (C=O) groups excluding carboxylic acids is 1. The number of carbonyl (C=O) groups is 1. The number of imidazole rings is 1. The maximum absolute atomic E-state index is 14.7. The summed E-state index contributed by atoms with van der Waals surface area (Å²) in [5.74, 6) is -0.446. The second-order valence-electron chi connectivity index (χ2n) is 9.53. The Bertz CT molecular complexity index is 1650. The normalized spacial score (nSPS) is 19.2. The first-order valence-corrected chi connectivity index (χ1v) is 12.6. The van der Waals surface area contributed by atoms with Gasteiger partial charge in [0, 0.05) is 34.5 Å². The standard InChI is InChI=1S/C26H20ClF4N7O2/c27-14-1-3-20(37-11-22(35-36-37)26(29,30)31)17(9-14)13-7-15-2-4-21(38(15)23(40)8-13)25-33-10-18(34-25)16-5-6-32-19(12-39)24(16)28/h1,3,5-6,8-11,15,21,39H,2,4,7,12H2,(H,33,34)/t15-,21+/m1/s1. The van der Waals surface area contributed by atoms with Gasteiger partial charge in [-0.1, -0.05) is 16.8 Å². The van der Waals surface area contributed by atoms with Crippen LogP contribution in [-0.2, 0) is 17.6 Å². The molecule has 0 saturated carbocycles. The van der Waals surface area contributed by atoms with E-state index in [2.05, 4.69) is 25.3 Å². The van der Waals surface area contributed by atoms with Crippen LogP contribution in [0.25, 0.3) is 22.5 Å². The van der Waals surface area contributed by atoms with Gasteiger partial charge in [-0.05, 0) is 49.1 Å². The number of aromatic amines is 1. The smallest absolute Gasteiger partial charge is 0.390 e. The average Bonchev–Trinajstić information content (AvgIpc) is 3.68. The number of aromatic nitrogens is 6. The lowest BCUT2D eigenvalue weighted by molar-refractivity contribution is -0.141. The molecule has 5 heterocycles. The fraction of sp³-hybridized carbons (Fsp3) is 0.269. The molecule has 14 heteroatoms. The maximum atomic E-state index is 14.7. The molecule has 0 bridgehead atoms. The summed E-state index contributed by atoms with van der Waals surface area (Å²) in [5, 5.41) is 16.6. The van der Waals surface area contributed by atoms with Gasteiger partial charge in [-0.15, -0.1) is 5.10 Å². The fourth-order valence-corrected chi connectivity index (χ4v) is 5.51. The molecule has 2 aliphatic heterocycles. The van der Waals surface area contributed by atoms with Crippen LogP contribution >= 0.6 is 11.6 Å². The van der Waals surface area contributed by atoms with Crippen molar-refractivity contribution in [1.82, 2.24) is 34.8 Å². The number of H-pyrrole nitrogens is 1. The van der Waals surface area contributed by atoms with Gasteiger partial charge < -0.3 is 15.0 Å². The lowest BCUT2D eigenvalue weighted by Gasteiger charge is -2.33. The lowest BCUT2D eigenvalue weighted by Crippen LogP contribution is -2.39. The van der Waals surface area contributed by atoms with Crippen molar-refractivity contribution in [2.75, 3.05) is 0 Å². The molecule has 2 N–H and O–H groups in total. The van der Waals surface area contributed by atoms with Gasteiger partial charge in [0.1, 0.15) is 11.5 Å². The van der Waals surface area contributed by atoms with Crippen LogP contribution in [-0.4, -0.2) is 51.9 Å². The fourth-order valence-electron chi connectivity index (χ4n) is 5.33. The minimum atomic E-state index is -4.65. The molecule has 3 aromatic heterocycles. The molecule has 0 aliphatic carbocycles. The number of halogens is 5. The minimum Gasteiger partial charge on any atom is -0.390 e. The number of aliphatic hydroxyl groups is 1. The zero-order chi connectivity index (χ0) is 28.2. The van der Waals surface area contributed by atoms with E-state index in [9.17, 15) is 27.5 Å². The van der Waals surface area contributed by atoms with Gasteiger partial charge >= 0.3 is 6.18 Å². The average molecular weight is 574 g/mol. The first kappa shape index (κ1) is 26.1. The van der Waals surface area contributed by atoms with Crippen molar-refractivity contribution in [2.45, 2.75) is 44.1 Å². The van der Waals surface area contributed by atoms with Crippen molar-refractivity contribution in [3.63, 3.8) is 0 Å². The highest BCUT2D eigenvalue weighted by Gasteiger charge is 2.42. The van der Waals surface area contributed by atoms with Gasteiger partial charge in [0.2, 0.25) is 5.91 Å². The predicted octanol–water partition coefficient (Wildman–Crippen LogP) is 4.88. The number of rotatable bonds is 5. The number of nitrogens with zero attached hydrogens (tertiary/aromatic N) is 6. The number of hydrogen-bond donors (Lipinski definition) is 2. The first-order chi connectivity index (χ1) is 19.1. The molecule has 1 aromatic carbocycles. The highest BCUT2D eigenvalue weighted by Crippen LogP contribution is 2.43. The number of fused-ring (bicyclic) bond motifs is 1. The van der Waals surface area contributed by atoms with Crippen molar-refractivity contribution in [3.05, 3.63) is 82.5 Å². The van der Waals surface area contributed by atoms with E-state index in [-0.39, 0.29) is 29.2 Å². The summed E-state index contributed by atoms with van der Waals surface area (Å²) in [4.78, 5) is 26.5. The molecule has 0 radical (unpaired) electrons. The molecule has 6 rings (SSSR count). The molecule has 2 atom stereocenters. The molecule has 40 heavy (non-hydrogen) atoms. The second-order valence-corrected chi connectivity index (χ2v) is 9.97. The Labute approximate surface area is 229 Å². The molecule has 1 amide bonds. The monoisotopic (exact) mass is 573 g/mol. The van der Waals surface area contributed by atoms with Crippen LogP contribution < -0.4 is 0 Å². The minimum absolute atomic E-state index is 0.0839. The molecule has 0 spiro atoms. The number of benzene rings is 1. The van der Waals surface area contributed by atoms with E-state index >= 15 is 0 Å². The SMILES string of the molecule is O=C1C=C(c2cc(Cl)ccc2-n2cc(C(F)(F)F)nn2)C[C@H]2CC[C@@H](c3ncc(-c4ccnc(CO)c4F)[nH]3)N12. The first-order valence-electron chi connectivity index (χ1n) is 12.3. The van der Waals surface area contributed by atoms with Gasteiger partial charge in [0.25, 0.3) is 0 Å². The van der Waals surface area contributed by atoms with Crippen molar-refractivity contribution < 1.29 is 27.5 Å². The van der Waals surface area contributed by atoms with Crippen molar-refractivity contribution in [1.29, 1.82) is 0 Å². The summed E-state index contributed by atoms with van der Waals surface area (Å²) in [7, 11) is 0. The summed E-state index contributed by atoms with van der Waals surface area (Å²) in [5.41, 5.74) is 0.785. The predicted molar refractivity (Wildman–Crippen MR) is 134 cm³/mol. The van der Waals surface area contributed by atoms with Crippen LogP contribution in [0, 0.1) is 5.82 Å². The third kappa shape index (κ3) is 4.54. The van der Waals surface area contributed by atoms with Crippen LogP contribution in [0.5, 0.6) is 0 Å². The lowest BCUT2D eigenvalue weighted by atomic mass is 9.92. The van der Waals surface area contributed by atoms with Gasteiger partial charge in [0.05, 0.1) is 36.4 Å². The number of hydrogen-bond acceptors (Lipinski definition) is 6. The Balaban J connectivity index is 1.30. The third-order valence-corrected chi connectivity index (χ3v) is 7.39. The summed E-state index contributed by atoms with van der Waals surface area (Å²) in [6.45, 7) is -0.545. The Kier molecular flexibility index (Phi) is 6.42. The van der Waals surface area contributed by atoms with Gasteiger partial charge in [-0.2, -0.15) is 13.2 Å². The largest absolute Gasteiger partial charge is 0.436 e. The molecular formula is C26H20ClF4N7O2. The van der Waals surface area contributed by atoms with Gasteiger partial charge in [-0.25, -0.2) is 14.1 Å². The van der Waals surface area contributed by atoms with Crippen molar-refractivity contribution in [3.8, 4) is 16.9 Å². The molecule has 1 saturated heterocycles. The van der Waals surface area contributed by atoms with Crippen molar-refractivity contribution in [2.24, 2.45) is 0 Å². The van der Waals surface area contributed by atoms with Crippen LogP contribution in [0.1, 0.15) is 48.1 Å². The van der Waals surface area contributed by atoms with E-state index < -0.39 is 24.3 Å². The van der Waals surface area contributed by atoms with E-state index in [0.29, 0.717) is 52.6 Å². The van der Waals surface area contributed by atoms with E-state index in [1.54, 1.807) is 11.0 Å². The van der Waals surface area contributed by atoms with E-state index in [4.69, 9.17) is 11.6 Å². The summed E-state index contributed by atoms with van der Waals surface area (Å²) < 4.78 is 55.1. The summed E-state index contributed by atoms with van der Waals surface area (Å²) in [6.07, 6.45) is 2.15. The van der Waals surface area contributed by atoms with Crippen molar-refractivity contribution >= 4 is 23.1 Å². The number of aliphatic hydroxyl groups excluding tert-OH is 1. The molecule has 206 valence electrons. The highest BCUT2D eigenvalue weighted by molar-refractivity contribution is 6.30. The quantitative estimate of drug-likeness (QED) is 0.329. The summed E-state index contributed by atoms with van der Waals surface area (Å²) in [6, 6.07) is 5.55. The Hall–Kier alpha value is -4.10. The number of alkyl halides is 3. The Morgan fingerprint density at radius 2 is 1.98 bits per heavy atom. The summed E-state index contributed by atoms with van der Waals surface area (Å²) >= 11 is 6.23. The molecule has 0 unspecified atom stereocenters. The molecule has 9 nitrogen and oxygen atoms in total. The molecule has 1 fully saturated rings. The maximum Gasteiger partial charge on any atom is 0.436 e. The van der Waals surface area contributed by atoms with E-state index in [1.807, 2.05) is 0 Å². The Morgan fingerprint density at radius 3 is 2.73 bits per heavy atom. The van der Waals surface area contributed by atoms with Crippen LogP contribution in [0.15, 0.2) is 48.9 Å². The number of pyridine rings is 1. The van der Waals surface area contributed by atoms with E-state index in [0.717, 1.165) is 10.9 Å². The van der Waals surface area contributed by atoms with Crippen LogP contribution in [0.3, 0.4) is 0 Å². The topological polar surface area (TPSA) is 113 Å². The molecular weight excluding hydrogens is 554 g/mol. The molecule has 4 aromatic rings. The van der Waals surface area contributed by atoms with Crippen LogP contribution in [0.4, 0.5) is 17.6 Å². The second kappa shape index (κ2) is 9.82. The zero-order valence-electron chi connectivity index (χ0n) is 20.5. The van der Waals surface area contributed by atoms with Gasteiger partial charge in [0.15, 0.2) is 11.5 Å². The third-order valence-electron chi connectivity index (χ3n) is 7.16. The Morgan fingerprint density at radius 1 is 1.15 bits per heavy atom. The zero-order valence-corrected chi connectivity index (χ0v) is 21.3. The van der Waals surface area contributed by atoms with E-state index in [1.165, 1.54) is 36.7 Å². The highest BCUT2D eigenvalue weighted by atomic mass is 35.5. The van der Waals surface area contributed by atoms with Crippen LogP contribution in [0.2, 0.25) is 5.02 Å². The number of amides is 1. The molecule has 2 aliphatic rings. The number of nitrogens with one attached hydrogen (secondary N) is 1.